The molecule has 4 saturated carbocycles. The molecule has 0 spiro atoms. The van der Waals surface area contributed by atoms with E-state index in [0.717, 1.165) is 19.3 Å². The van der Waals surface area contributed by atoms with Crippen molar-refractivity contribution in [3.05, 3.63) is 34.9 Å². The molecule has 0 amide bonds. The Morgan fingerprint density at radius 1 is 0.913 bits per heavy atom. The summed E-state index contributed by atoms with van der Waals surface area (Å²) in [5, 5.41) is 0. The lowest BCUT2D eigenvalue weighted by atomic mass is 9.54. The van der Waals surface area contributed by atoms with Crippen molar-refractivity contribution in [1.29, 1.82) is 0 Å². The van der Waals surface area contributed by atoms with Gasteiger partial charge in [-0.1, -0.05) is 0 Å². The molecule has 0 heterocycles. The highest BCUT2D eigenvalue weighted by Gasteiger charge is 2.53. The Morgan fingerprint density at radius 2 is 1.35 bits per heavy atom. The second-order valence-corrected chi connectivity index (χ2v) is 7.33. The average Bonchev–Trinajstić information content (AvgIpc) is 2.43. The van der Waals surface area contributed by atoms with Crippen LogP contribution in [-0.4, -0.2) is 11.6 Å². The quantitative estimate of drug-likeness (QED) is 0.458. The van der Waals surface area contributed by atoms with Crippen LogP contribution in [0.15, 0.2) is 6.07 Å². The highest BCUT2D eigenvalue weighted by atomic mass is 19.2. The fraction of sp³-hybridized carbons (Fsp3) is 0.588. The molecule has 6 heteroatoms. The Morgan fingerprint density at radius 3 is 1.78 bits per heavy atom. The number of carbonyl (C=O) groups is 1. The lowest BCUT2D eigenvalue weighted by molar-refractivity contribution is -0.131. The first-order valence-corrected chi connectivity index (χ1v) is 7.93. The van der Waals surface area contributed by atoms with Crippen LogP contribution in [-0.2, 0) is 4.74 Å². The van der Waals surface area contributed by atoms with E-state index >= 15 is 0 Å². The Labute approximate surface area is 130 Å². The van der Waals surface area contributed by atoms with Crippen molar-refractivity contribution in [2.75, 3.05) is 0 Å². The zero-order valence-electron chi connectivity index (χ0n) is 12.4. The summed E-state index contributed by atoms with van der Waals surface area (Å²) >= 11 is 0. The van der Waals surface area contributed by atoms with E-state index < -0.39 is 40.4 Å². The maximum Gasteiger partial charge on any atom is 0.344 e. The monoisotopic (exact) mass is 328 g/mol. The number of hydrogen-bond acceptors (Lipinski definition) is 2. The number of ether oxygens (including phenoxy) is 1. The summed E-state index contributed by atoms with van der Waals surface area (Å²) in [7, 11) is 0. The van der Waals surface area contributed by atoms with E-state index in [0.29, 0.717) is 37.0 Å². The largest absolute Gasteiger partial charge is 0.455 e. The summed E-state index contributed by atoms with van der Waals surface area (Å²) in [6, 6.07) is 0.0895. The molecule has 4 aliphatic rings. The van der Waals surface area contributed by atoms with E-state index in [1.54, 1.807) is 0 Å². The van der Waals surface area contributed by atoms with E-state index in [9.17, 15) is 22.4 Å². The van der Waals surface area contributed by atoms with E-state index in [2.05, 4.69) is 0 Å². The van der Waals surface area contributed by atoms with Crippen LogP contribution in [0.1, 0.15) is 48.9 Å². The van der Waals surface area contributed by atoms with Crippen molar-refractivity contribution in [2.24, 2.45) is 17.8 Å². The Bertz CT molecular complexity index is 624. The van der Waals surface area contributed by atoms with Crippen LogP contribution in [0.2, 0.25) is 0 Å². The maximum atomic E-state index is 13.8. The van der Waals surface area contributed by atoms with Crippen LogP contribution in [0.5, 0.6) is 0 Å². The van der Waals surface area contributed by atoms with Crippen LogP contribution in [0, 0.1) is 41.0 Å². The molecule has 0 radical (unpaired) electrons. The van der Waals surface area contributed by atoms with Crippen molar-refractivity contribution in [2.45, 2.75) is 44.1 Å². The standard InChI is InChI=1S/C17H16F4O2/c18-11-4-12(19)15(21)13(14(11)20)16(22)23-17-5-8-1-9(6-17)3-10(2-8)7-17/h4,8-10H,1-3,5-7H2. The highest BCUT2D eigenvalue weighted by molar-refractivity contribution is 5.90. The molecule has 124 valence electrons. The lowest BCUT2D eigenvalue weighted by Crippen LogP contribution is -2.52. The zero-order valence-corrected chi connectivity index (χ0v) is 12.4. The summed E-state index contributed by atoms with van der Waals surface area (Å²) < 4.78 is 59.6. The number of rotatable bonds is 2. The molecule has 5 rings (SSSR count). The second kappa shape index (κ2) is 4.95. The van der Waals surface area contributed by atoms with Gasteiger partial charge in [-0.2, -0.15) is 0 Å². The maximum absolute atomic E-state index is 13.8. The van der Waals surface area contributed by atoms with E-state index in [1.807, 2.05) is 0 Å². The first-order chi connectivity index (χ1) is 10.9. The molecule has 1 aromatic rings. The van der Waals surface area contributed by atoms with Gasteiger partial charge >= 0.3 is 5.97 Å². The summed E-state index contributed by atoms with van der Waals surface area (Å²) in [6.45, 7) is 0. The molecule has 0 aliphatic heterocycles. The third-order valence-electron chi connectivity index (χ3n) is 5.61. The van der Waals surface area contributed by atoms with E-state index in [1.165, 1.54) is 0 Å². The van der Waals surface area contributed by atoms with E-state index in [4.69, 9.17) is 4.74 Å². The van der Waals surface area contributed by atoms with Crippen LogP contribution < -0.4 is 0 Å². The molecule has 4 aliphatic carbocycles. The zero-order chi connectivity index (χ0) is 16.4. The molecule has 2 nitrogen and oxygen atoms in total. The molecule has 0 atom stereocenters. The first-order valence-electron chi connectivity index (χ1n) is 7.93. The predicted octanol–water partition coefficient (Wildman–Crippen LogP) is 4.37. The van der Waals surface area contributed by atoms with Gasteiger partial charge in [0.05, 0.1) is 0 Å². The minimum Gasteiger partial charge on any atom is -0.455 e. The first kappa shape index (κ1) is 15.0. The number of benzene rings is 1. The fourth-order valence-electron chi connectivity index (χ4n) is 5.16. The Hall–Kier alpha value is -1.59. The van der Waals surface area contributed by atoms with Gasteiger partial charge in [-0.05, 0) is 56.3 Å². The van der Waals surface area contributed by atoms with Gasteiger partial charge in [-0.3, -0.25) is 0 Å². The van der Waals surface area contributed by atoms with Crippen molar-refractivity contribution in [3.8, 4) is 0 Å². The van der Waals surface area contributed by atoms with Gasteiger partial charge in [0.15, 0.2) is 23.3 Å². The van der Waals surface area contributed by atoms with Gasteiger partial charge in [0.2, 0.25) is 0 Å². The third kappa shape index (κ3) is 2.34. The molecule has 4 fully saturated rings. The summed E-state index contributed by atoms with van der Waals surface area (Å²) in [5.41, 5.74) is -1.99. The summed E-state index contributed by atoms with van der Waals surface area (Å²) in [6.07, 6.45) is 5.33. The molecule has 1 aromatic carbocycles. The minimum atomic E-state index is -1.70. The van der Waals surface area contributed by atoms with Crippen molar-refractivity contribution >= 4 is 5.97 Å². The van der Waals surface area contributed by atoms with Crippen molar-refractivity contribution < 1.29 is 27.1 Å². The van der Waals surface area contributed by atoms with Gasteiger partial charge in [0, 0.05) is 6.07 Å². The molecule has 0 unspecified atom stereocenters. The number of halogens is 4. The Kier molecular flexibility index (Phi) is 3.22. The van der Waals surface area contributed by atoms with Crippen LogP contribution in [0.3, 0.4) is 0 Å². The number of hydrogen-bond donors (Lipinski definition) is 0. The topological polar surface area (TPSA) is 26.3 Å². The SMILES string of the molecule is O=C(OC12CC3CC(CC(C3)C1)C2)c1c(F)c(F)cc(F)c1F. The lowest BCUT2D eigenvalue weighted by Gasteiger charge is -2.55. The minimum absolute atomic E-state index is 0.0895. The second-order valence-electron chi connectivity index (χ2n) is 7.33. The summed E-state index contributed by atoms with van der Waals surface area (Å²) in [5.74, 6) is -6.49. The molecular formula is C17H16F4O2. The molecule has 0 saturated heterocycles. The highest BCUT2D eigenvalue weighted by Crippen LogP contribution is 2.57. The normalized spacial score (nSPS) is 34.7. The van der Waals surface area contributed by atoms with Gasteiger partial charge < -0.3 is 4.74 Å². The average molecular weight is 328 g/mol. The van der Waals surface area contributed by atoms with Gasteiger partial charge in [-0.25, -0.2) is 22.4 Å². The molecule has 0 aromatic heterocycles. The van der Waals surface area contributed by atoms with Crippen molar-refractivity contribution in [1.82, 2.24) is 0 Å². The Balaban J connectivity index is 1.64. The predicted molar refractivity (Wildman–Crippen MR) is 72.6 cm³/mol. The van der Waals surface area contributed by atoms with E-state index in [-0.39, 0.29) is 6.07 Å². The third-order valence-corrected chi connectivity index (χ3v) is 5.61. The van der Waals surface area contributed by atoms with Crippen LogP contribution in [0.4, 0.5) is 17.6 Å². The number of carbonyl (C=O) groups excluding carboxylic acids is 1. The number of esters is 1. The smallest absolute Gasteiger partial charge is 0.344 e. The summed E-state index contributed by atoms with van der Waals surface area (Å²) in [4.78, 5) is 12.2. The molecular weight excluding hydrogens is 312 g/mol. The van der Waals surface area contributed by atoms with Crippen molar-refractivity contribution in [3.63, 3.8) is 0 Å². The van der Waals surface area contributed by atoms with Gasteiger partial charge in [0.25, 0.3) is 0 Å². The fourth-order valence-corrected chi connectivity index (χ4v) is 5.16. The van der Waals surface area contributed by atoms with Gasteiger partial charge in [-0.15, -0.1) is 0 Å². The molecule has 4 bridgehead atoms. The molecule has 0 N–H and O–H groups in total. The molecule has 23 heavy (non-hydrogen) atoms. The van der Waals surface area contributed by atoms with Crippen LogP contribution in [0.25, 0.3) is 0 Å². The van der Waals surface area contributed by atoms with Gasteiger partial charge in [0.1, 0.15) is 11.2 Å². The van der Waals surface area contributed by atoms with Crippen LogP contribution >= 0.6 is 0 Å².